The van der Waals surface area contributed by atoms with E-state index in [0.29, 0.717) is 18.8 Å². The summed E-state index contributed by atoms with van der Waals surface area (Å²) in [5.41, 5.74) is -2.05. The molecular weight excluding hydrogens is 356 g/mol. The number of ketones is 2. The topological polar surface area (TPSA) is 80.7 Å². The van der Waals surface area contributed by atoms with Gasteiger partial charge in [-0.15, -0.1) is 0 Å². The summed E-state index contributed by atoms with van der Waals surface area (Å²) in [5.74, 6) is 0.722. The Labute approximate surface area is 167 Å². The number of ether oxygens (including phenoxy) is 1. The van der Waals surface area contributed by atoms with Crippen LogP contribution < -0.4 is 0 Å². The minimum Gasteiger partial charge on any atom is -0.463 e. The number of Topliss-reactive ketones (excluding diaryl/α,β-unsaturated/α-hetero) is 2. The van der Waals surface area contributed by atoms with E-state index in [9.17, 15) is 19.5 Å². The van der Waals surface area contributed by atoms with Crippen molar-refractivity contribution in [3.05, 3.63) is 0 Å². The van der Waals surface area contributed by atoms with Crippen LogP contribution in [0.1, 0.15) is 79.1 Å². The van der Waals surface area contributed by atoms with E-state index in [1.54, 1.807) is 0 Å². The molecule has 0 bridgehead atoms. The predicted octanol–water partition coefficient (Wildman–Crippen LogP) is 3.46. The summed E-state index contributed by atoms with van der Waals surface area (Å²) in [6, 6.07) is 0. The van der Waals surface area contributed by atoms with E-state index in [1.807, 2.05) is 6.92 Å². The molecule has 0 aliphatic heterocycles. The maximum absolute atomic E-state index is 13.5. The van der Waals surface area contributed by atoms with Gasteiger partial charge in [0.05, 0.1) is 0 Å². The molecule has 0 saturated heterocycles. The molecule has 4 aliphatic rings. The van der Waals surface area contributed by atoms with Gasteiger partial charge in [-0.25, -0.2) is 0 Å². The number of carbonyl (C=O) groups is 3. The first-order valence-corrected chi connectivity index (χ1v) is 11.0. The van der Waals surface area contributed by atoms with Crippen molar-refractivity contribution in [2.45, 2.75) is 90.8 Å². The number of aliphatic hydroxyl groups is 1. The average molecular weight is 391 g/mol. The lowest BCUT2D eigenvalue weighted by Crippen LogP contribution is -2.61. The molecule has 5 nitrogen and oxygen atoms in total. The summed E-state index contributed by atoms with van der Waals surface area (Å²) in [7, 11) is 0. The molecule has 28 heavy (non-hydrogen) atoms. The Morgan fingerprint density at radius 1 is 1.07 bits per heavy atom. The molecule has 0 amide bonds. The summed E-state index contributed by atoms with van der Waals surface area (Å²) >= 11 is 0. The van der Waals surface area contributed by atoms with E-state index in [0.717, 1.165) is 38.5 Å². The fourth-order valence-corrected chi connectivity index (χ4v) is 7.96. The highest BCUT2D eigenvalue weighted by molar-refractivity contribution is 5.90. The predicted molar refractivity (Wildman–Crippen MR) is 103 cm³/mol. The van der Waals surface area contributed by atoms with Crippen molar-refractivity contribution in [2.75, 3.05) is 0 Å². The van der Waals surface area contributed by atoms with Gasteiger partial charge in [-0.05, 0) is 75.0 Å². The lowest BCUT2D eigenvalue weighted by Gasteiger charge is -2.60. The largest absolute Gasteiger partial charge is 0.463 e. The van der Waals surface area contributed by atoms with E-state index < -0.39 is 11.0 Å². The number of fused-ring (bicyclic) bond motifs is 5. The van der Waals surface area contributed by atoms with Crippen LogP contribution in [0.5, 0.6) is 0 Å². The molecule has 0 unspecified atom stereocenters. The van der Waals surface area contributed by atoms with Crippen LogP contribution in [-0.2, 0) is 19.1 Å². The molecule has 1 N–H and O–H groups in total. The Balaban J connectivity index is 1.63. The normalized spacial score (nSPS) is 50.3. The van der Waals surface area contributed by atoms with Gasteiger partial charge in [0.1, 0.15) is 17.5 Å². The fourth-order valence-electron chi connectivity index (χ4n) is 7.96. The van der Waals surface area contributed by atoms with Crippen molar-refractivity contribution in [3.63, 3.8) is 0 Å². The monoisotopic (exact) mass is 390 g/mol. The zero-order chi connectivity index (χ0) is 20.5. The quantitative estimate of drug-likeness (QED) is 0.730. The van der Waals surface area contributed by atoms with E-state index in [4.69, 9.17) is 4.74 Å². The smallest absolute Gasteiger partial charge is 0.302 e. The van der Waals surface area contributed by atoms with Gasteiger partial charge in [0.25, 0.3) is 0 Å². The minimum absolute atomic E-state index is 0.0110. The third kappa shape index (κ3) is 2.57. The summed E-state index contributed by atoms with van der Waals surface area (Å²) < 4.78 is 5.49. The summed E-state index contributed by atoms with van der Waals surface area (Å²) in [6.07, 6.45) is 6.19. The van der Waals surface area contributed by atoms with Crippen LogP contribution in [0.15, 0.2) is 0 Å². The van der Waals surface area contributed by atoms with Gasteiger partial charge in [-0.1, -0.05) is 13.8 Å². The van der Waals surface area contributed by atoms with Crippen molar-refractivity contribution in [1.82, 2.24) is 0 Å². The van der Waals surface area contributed by atoms with Crippen LogP contribution in [0, 0.1) is 34.5 Å². The van der Waals surface area contributed by atoms with Gasteiger partial charge in [0, 0.05) is 24.7 Å². The van der Waals surface area contributed by atoms with Gasteiger partial charge in [0.15, 0.2) is 5.78 Å². The molecular formula is C23H34O5. The first-order chi connectivity index (χ1) is 13.0. The molecule has 8 atom stereocenters. The van der Waals surface area contributed by atoms with Gasteiger partial charge in [-0.3, -0.25) is 14.4 Å². The van der Waals surface area contributed by atoms with Crippen LogP contribution in [-0.4, -0.2) is 34.3 Å². The second-order valence-corrected chi connectivity index (χ2v) is 10.5. The zero-order valence-electron chi connectivity index (χ0n) is 17.6. The SMILES string of the molecule is CC(=O)O[C@@H]1CC[C@@]2(C)[C@@H](CC[C@@H]3[C@H]2C(=O)C[C@]2(C)[C@@H]3CC[C@@]2(O)C(C)=O)C1. The summed E-state index contributed by atoms with van der Waals surface area (Å²) in [6.45, 7) is 7.18. The van der Waals surface area contributed by atoms with E-state index in [2.05, 4.69) is 6.92 Å². The van der Waals surface area contributed by atoms with Crippen molar-refractivity contribution in [3.8, 4) is 0 Å². The summed E-state index contributed by atoms with van der Waals surface area (Å²) in [5, 5.41) is 11.2. The third-order valence-electron chi connectivity index (χ3n) is 9.37. The van der Waals surface area contributed by atoms with E-state index >= 15 is 0 Å². The van der Waals surface area contributed by atoms with Gasteiger partial charge >= 0.3 is 5.97 Å². The summed E-state index contributed by atoms with van der Waals surface area (Å²) in [4.78, 5) is 37.2. The molecule has 4 rings (SSSR count). The maximum Gasteiger partial charge on any atom is 0.302 e. The maximum atomic E-state index is 13.5. The third-order valence-corrected chi connectivity index (χ3v) is 9.37. The van der Waals surface area contributed by atoms with Crippen LogP contribution >= 0.6 is 0 Å². The molecule has 0 radical (unpaired) electrons. The minimum atomic E-state index is -1.36. The molecule has 0 spiro atoms. The Bertz CT molecular complexity index is 716. The highest BCUT2D eigenvalue weighted by atomic mass is 16.5. The molecule has 0 aromatic carbocycles. The first kappa shape index (κ1) is 20.1. The van der Waals surface area contributed by atoms with Crippen molar-refractivity contribution in [1.29, 1.82) is 0 Å². The standard InChI is InChI=1S/C23H34O5/c1-13(24)23(27)10-8-18-17-6-5-15-11-16(28-14(2)25)7-9-21(15,3)20(17)19(26)12-22(18,23)4/h15-18,20,27H,5-12H2,1-4H3/t15-,16+,17-,18+,20-,21-,22+,23+/m0/s1. The van der Waals surface area contributed by atoms with Crippen molar-refractivity contribution in [2.24, 2.45) is 34.5 Å². The lowest BCUT2D eigenvalue weighted by atomic mass is 9.44. The first-order valence-electron chi connectivity index (χ1n) is 11.0. The van der Waals surface area contributed by atoms with Crippen LogP contribution in [0.3, 0.4) is 0 Å². The fraction of sp³-hybridized carbons (Fsp3) is 0.870. The Morgan fingerprint density at radius 2 is 1.79 bits per heavy atom. The number of esters is 1. The molecule has 4 saturated carbocycles. The highest BCUT2D eigenvalue weighted by Gasteiger charge is 2.68. The van der Waals surface area contributed by atoms with E-state index in [-0.39, 0.29) is 46.8 Å². The highest BCUT2D eigenvalue weighted by Crippen LogP contribution is 2.67. The molecule has 0 aromatic heterocycles. The van der Waals surface area contributed by atoms with Crippen molar-refractivity contribution < 1.29 is 24.2 Å². The molecule has 5 heteroatoms. The van der Waals surface area contributed by atoms with Crippen molar-refractivity contribution >= 4 is 17.5 Å². The number of hydrogen-bond acceptors (Lipinski definition) is 5. The van der Waals surface area contributed by atoms with Crippen LogP contribution in [0.25, 0.3) is 0 Å². The van der Waals surface area contributed by atoms with Gasteiger partial charge < -0.3 is 9.84 Å². The zero-order valence-corrected chi connectivity index (χ0v) is 17.6. The van der Waals surface area contributed by atoms with E-state index in [1.165, 1.54) is 13.8 Å². The Hall–Kier alpha value is -1.23. The molecule has 4 aliphatic carbocycles. The molecule has 156 valence electrons. The van der Waals surface area contributed by atoms with Crippen LogP contribution in [0.4, 0.5) is 0 Å². The molecule has 0 heterocycles. The lowest BCUT2D eigenvalue weighted by molar-refractivity contribution is -0.181. The van der Waals surface area contributed by atoms with Gasteiger partial charge in [0.2, 0.25) is 0 Å². The number of hydrogen-bond donors (Lipinski definition) is 1. The number of rotatable bonds is 2. The van der Waals surface area contributed by atoms with Gasteiger partial charge in [-0.2, -0.15) is 0 Å². The Morgan fingerprint density at radius 3 is 2.43 bits per heavy atom. The van der Waals surface area contributed by atoms with Crippen LogP contribution in [0.2, 0.25) is 0 Å². The second-order valence-electron chi connectivity index (χ2n) is 10.5. The second kappa shape index (κ2) is 6.38. The molecule has 0 aromatic rings. The average Bonchev–Trinajstić information content (AvgIpc) is 2.86. The Kier molecular flexibility index (Phi) is 4.57. The molecule has 4 fully saturated rings. The number of carbonyl (C=O) groups excluding carboxylic acids is 3.